The van der Waals surface area contributed by atoms with E-state index in [0.717, 1.165) is 43.6 Å². The van der Waals surface area contributed by atoms with E-state index in [-0.39, 0.29) is 23.0 Å². The number of likely N-dealkylation sites (tertiary alicyclic amines) is 1. The van der Waals surface area contributed by atoms with E-state index in [2.05, 4.69) is 71.4 Å². The van der Waals surface area contributed by atoms with Crippen LogP contribution in [0.15, 0.2) is 30.5 Å². The zero-order valence-corrected chi connectivity index (χ0v) is 21.5. The molecule has 3 N–H and O–H groups in total. The Morgan fingerprint density at radius 2 is 2.06 bits per heavy atom. The molecule has 1 aromatic heterocycles. The van der Waals surface area contributed by atoms with E-state index in [1.54, 1.807) is 0 Å². The van der Waals surface area contributed by atoms with E-state index in [1.165, 1.54) is 43.3 Å². The van der Waals surface area contributed by atoms with Gasteiger partial charge in [0.25, 0.3) is 5.91 Å². The molecule has 35 heavy (non-hydrogen) atoms. The van der Waals surface area contributed by atoms with Gasteiger partial charge in [-0.1, -0.05) is 26.0 Å². The maximum Gasteiger partial charge on any atom is 0.291 e. The monoisotopic (exact) mass is 474 g/mol. The predicted octanol–water partition coefficient (Wildman–Crippen LogP) is 5.05. The van der Waals surface area contributed by atoms with Crippen molar-refractivity contribution in [3.05, 3.63) is 53.1 Å². The van der Waals surface area contributed by atoms with E-state index in [0.29, 0.717) is 5.41 Å². The first kappa shape index (κ1) is 25.2. The number of H-pyrrole nitrogens is 1. The van der Waals surface area contributed by atoms with Crippen molar-refractivity contribution in [1.29, 1.82) is 5.26 Å². The molecular weight excluding hydrogens is 436 g/mol. The SMILES string of the molecule is CC1(C)CC=C(c2cc(C(C)(C)NCCN3CCCC3)ccc2NC(=O)c2ncc(C#N)[nH]2)CC1. The summed E-state index contributed by atoms with van der Waals surface area (Å²) in [6.07, 6.45) is 9.41. The highest BCUT2D eigenvalue weighted by Gasteiger charge is 2.26. The number of rotatable bonds is 8. The number of aromatic amines is 1. The molecule has 4 rings (SSSR count). The number of carbonyl (C=O) groups excluding carboxylic acids is 1. The van der Waals surface area contributed by atoms with Crippen molar-refractivity contribution >= 4 is 17.2 Å². The lowest BCUT2D eigenvalue weighted by atomic mass is 9.76. The van der Waals surface area contributed by atoms with Gasteiger partial charge in [0.1, 0.15) is 11.8 Å². The molecule has 0 unspecified atom stereocenters. The minimum Gasteiger partial charge on any atom is -0.326 e. The fraction of sp³-hybridized carbons (Fsp3) is 0.536. The molecule has 0 radical (unpaired) electrons. The van der Waals surface area contributed by atoms with Crippen molar-refractivity contribution < 1.29 is 4.79 Å². The summed E-state index contributed by atoms with van der Waals surface area (Å²) >= 11 is 0. The third-order valence-electron chi connectivity index (χ3n) is 7.41. The maximum atomic E-state index is 12.9. The van der Waals surface area contributed by atoms with E-state index in [9.17, 15) is 4.79 Å². The van der Waals surface area contributed by atoms with Crippen LogP contribution >= 0.6 is 0 Å². The van der Waals surface area contributed by atoms with Crippen LogP contribution in [0.1, 0.15) is 87.2 Å². The van der Waals surface area contributed by atoms with Gasteiger partial charge in [0, 0.05) is 29.9 Å². The molecule has 0 bridgehead atoms. The highest BCUT2D eigenvalue weighted by molar-refractivity contribution is 6.03. The quantitative estimate of drug-likeness (QED) is 0.498. The van der Waals surface area contributed by atoms with Gasteiger partial charge in [0.05, 0.1) is 6.20 Å². The standard InChI is InChI=1S/C28H38N6O/c1-27(2)11-9-20(10-12-27)23-17-21(28(3,4)31-13-16-34-14-5-6-15-34)7-8-24(23)33-26(35)25-30-19-22(18-29)32-25/h7-9,17,19,31H,5-6,10-16H2,1-4H3,(H,30,32)(H,33,35). The predicted molar refractivity (Wildman–Crippen MR) is 140 cm³/mol. The average molecular weight is 475 g/mol. The summed E-state index contributed by atoms with van der Waals surface area (Å²) in [6, 6.07) is 8.30. The Labute approximate surface area is 209 Å². The number of imidazole rings is 1. The van der Waals surface area contributed by atoms with E-state index < -0.39 is 0 Å². The van der Waals surface area contributed by atoms with Crippen molar-refractivity contribution in [2.45, 2.75) is 65.3 Å². The Hall–Kier alpha value is -2.95. The fourth-order valence-corrected chi connectivity index (χ4v) is 4.94. The lowest BCUT2D eigenvalue weighted by Gasteiger charge is -2.32. The molecule has 2 heterocycles. The Morgan fingerprint density at radius 1 is 1.29 bits per heavy atom. The number of benzene rings is 1. The molecule has 1 aliphatic heterocycles. The number of anilines is 1. The molecule has 7 nitrogen and oxygen atoms in total. The molecule has 2 aliphatic rings. The van der Waals surface area contributed by atoms with Gasteiger partial charge in [-0.15, -0.1) is 0 Å². The smallest absolute Gasteiger partial charge is 0.291 e. The van der Waals surface area contributed by atoms with Gasteiger partial charge in [-0.25, -0.2) is 4.98 Å². The number of nitrogens with one attached hydrogen (secondary N) is 3. The fourth-order valence-electron chi connectivity index (χ4n) is 4.94. The number of amides is 1. The van der Waals surface area contributed by atoms with E-state index >= 15 is 0 Å². The van der Waals surface area contributed by atoms with Gasteiger partial charge < -0.3 is 20.5 Å². The van der Waals surface area contributed by atoms with Crippen LogP contribution in [0.4, 0.5) is 5.69 Å². The van der Waals surface area contributed by atoms with Crippen molar-refractivity contribution in [3.8, 4) is 6.07 Å². The maximum absolute atomic E-state index is 12.9. The summed E-state index contributed by atoms with van der Waals surface area (Å²) in [5, 5.41) is 15.8. The normalized spacial score (nSPS) is 18.2. The molecule has 0 atom stereocenters. The molecule has 1 aliphatic carbocycles. The molecule has 186 valence electrons. The highest BCUT2D eigenvalue weighted by atomic mass is 16.2. The van der Waals surface area contributed by atoms with Crippen molar-refractivity contribution in [1.82, 2.24) is 20.2 Å². The minimum atomic E-state index is -0.347. The van der Waals surface area contributed by atoms with Crippen LogP contribution < -0.4 is 10.6 Å². The number of carbonyl (C=O) groups is 1. The summed E-state index contributed by atoms with van der Waals surface area (Å²) in [5.74, 6) is -0.209. The van der Waals surface area contributed by atoms with Crippen LogP contribution in [0, 0.1) is 16.7 Å². The molecular formula is C28H38N6O. The highest BCUT2D eigenvalue weighted by Crippen LogP contribution is 2.41. The molecule has 0 saturated carbocycles. The Morgan fingerprint density at radius 3 is 2.71 bits per heavy atom. The zero-order chi connectivity index (χ0) is 25.1. The number of nitrogens with zero attached hydrogens (tertiary/aromatic N) is 3. The van der Waals surface area contributed by atoms with Crippen molar-refractivity contribution in [2.75, 3.05) is 31.5 Å². The van der Waals surface area contributed by atoms with Gasteiger partial charge >= 0.3 is 0 Å². The number of hydrogen-bond acceptors (Lipinski definition) is 5. The zero-order valence-electron chi connectivity index (χ0n) is 21.5. The summed E-state index contributed by atoms with van der Waals surface area (Å²) in [4.78, 5) is 22.2. The van der Waals surface area contributed by atoms with E-state index in [1.807, 2.05) is 12.1 Å². The first-order chi connectivity index (χ1) is 16.7. The molecule has 2 aromatic rings. The summed E-state index contributed by atoms with van der Waals surface area (Å²) < 4.78 is 0. The Bertz CT molecular complexity index is 1130. The second-order valence-electron chi connectivity index (χ2n) is 11.2. The first-order valence-corrected chi connectivity index (χ1v) is 12.7. The van der Waals surface area contributed by atoms with Gasteiger partial charge in [-0.05, 0) is 87.7 Å². The number of hydrogen-bond donors (Lipinski definition) is 3. The Balaban J connectivity index is 1.57. The lowest BCUT2D eigenvalue weighted by Crippen LogP contribution is -2.41. The minimum absolute atomic E-state index is 0.138. The Kier molecular flexibility index (Phi) is 7.44. The van der Waals surface area contributed by atoms with Crippen LogP contribution in [0.25, 0.3) is 5.57 Å². The van der Waals surface area contributed by atoms with Crippen molar-refractivity contribution in [3.63, 3.8) is 0 Å². The molecule has 1 fully saturated rings. The largest absolute Gasteiger partial charge is 0.326 e. The van der Waals surface area contributed by atoms with E-state index in [4.69, 9.17) is 5.26 Å². The van der Waals surface area contributed by atoms with Crippen LogP contribution in [0.3, 0.4) is 0 Å². The van der Waals surface area contributed by atoms with Crippen LogP contribution in [0.2, 0.25) is 0 Å². The third-order valence-corrected chi connectivity index (χ3v) is 7.41. The van der Waals surface area contributed by atoms with Crippen LogP contribution in [0.5, 0.6) is 0 Å². The number of nitriles is 1. The molecule has 1 saturated heterocycles. The summed E-state index contributed by atoms with van der Waals surface area (Å²) in [5.41, 5.74) is 4.66. The van der Waals surface area contributed by atoms with Gasteiger partial charge in [0.2, 0.25) is 0 Å². The molecule has 7 heteroatoms. The molecule has 1 aromatic carbocycles. The lowest BCUT2D eigenvalue weighted by molar-refractivity contribution is 0.101. The number of aromatic nitrogens is 2. The summed E-state index contributed by atoms with van der Waals surface area (Å²) in [6.45, 7) is 13.5. The first-order valence-electron chi connectivity index (χ1n) is 12.7. The van der Waals surface area contributed by atoms with Gasteiger partial charge in [0.15, 0.2) is 5.82 Å². The topological polar surface area (TPSA) is 96.8 Å². The van der Waals surface area contributed by atoms with Gasteiger partial charge in [-0.2, -0.15) is 5.26 Å². The van der Waals surface area contributed by atoms with Crippen molar-refractivity contribution in [2.24, 2.45) is 5.41 Å². The second kappa shape index (κ2) is 10.3. The average Bonchev–Trinajstić information content (AvgIpc) is 3.51. The second-order valence-corrected chi connectivity index (χ2v) is 11.2. The summed E-state index contributed by atoms with van der Waals surface area (Å²) in [7, 11) is 0. The molecule has 0 spiro atoms. The van der Waals surface area contributed by atoms with Gasteiger partial charge in [-0.3, -0.25) is 4.79 Å². The number of allylic oxidation sites excluding steroid dienone is 2. The van der Waals surface area contributed by atoms with Crippen LogP contribution in [-0.4, -0.2) is 47.0 Å². The molecule has 1 amide bonds. The van der Waals surface area contributed by atoms with Crippen LogP contribution in [-0.2, 0) is 5.54 Å². The third kappa shape index (κ3) is 6.19.